The number of carbonyl (C=O) groups excluding carboxylic acids is 1. The molecule has 0 bridgehead atoms. The third kappa shape index (κ3) is 3.76. The van der Waals surface area contributed by atoms with Gasteiger partial charge in [-0.1, -0.05) is 23.7 Å². The molecule has 1 aliphatic heterocycles. The quantitative estimate of drug-likeness (QED) is 0.870. The number of aliphatic hydroxyl groups excluding tert-OH is 1. The van der Waals surface area contributed by atoms with E-state index in [2.05, 4.69) is 10.2 Å². The summed E-state index contributed by atoms with van der Waals surface area (Å²) in [6.45, 7) is 2.29. The second kappa shape index (κ2) is 6.34. The van der Waals surface area contributed by atoms with Crippen LogP contribution in [0.25, 0.3) is 0 Å². The second-order valence-corrected chi connectivity index (χ2v) is 6.59. The first kappa shape index (κ1) is 14.8. The number of likely N-dealkylation sites (tertiary alicyclic amines) is 1. The molecule has 0 spiro atoms. The first-order valence-corrected chi connectivity index (χ1v) is 7.91. The van der Waals surface area contributed by atoms with E-state index in [9.17, 15) is 9.90 Å². The van der Waals surface area contributed by atoms with E-state index in [0.29, 0.717) is 12.6 Å². The fraction of sp³-hybridized carbons (Fsp3) is 0.562. The van der Waals surface area contributed by atoms with Crippen molar-refractivity contribution in [2.75, 3.05) is 19.7 Å². The van der Waals surface area contributed by atoms with Crippen molar-refractivity contribution < 1.29 is 9.90 Å². The minimum absolute atomic E-state index is 0.0305. The summed E-state index contributed by atoms with van der Waals surface area (Å²) in [5, 5.41) is 13.3. The number of rotatable bonds is 5. The van der Waals surface area contributed by atoms with Crippen molar-refractivity contribution in [3.63, 3.8) is 0 Å². The largest absolute Gasteiger partial charge is 0.396 e. The van der Waals surface area contributed by atoms with Crippen LogP contribution >= 0.6 is 11.6 Å². The van der Waals surface area contributed by atoms with Crippen LogP contribution < -0.4 is 5.32 Å². The van der Waals surface area contributed by atoms with Crippen molar-refractivity contribution in [1.82, 2.24) is 10.2 Å². The number of aliphatic hydroxyl groups is 1. The van der Waals surface area contributed by atoms with E-state index in [1.54, 1.807) is 0 Å². The summed E-state index contributed by atoms with van der Waals surface area (Å²) in [4.78, 5) is 14.5. The van der Waals surface area contributed by atoms with Crippen molar-refractivity contribution in [2.45, 2.75) is 25.4 Å². The van der Waals surface area contributed by atoms with Crippen molar-refractivity contribution in [3.05, 3.63) is 34.9 Å². The molecule has 2 N–H and O–H groups in total. The molecule has 3 rings (SSSR count). The highest BCUT2D eigenvalue weighted by Gasteiger charge is 2.38. The first-order chi connectivity index (χ1) is 10.2. The average molecular weight is 309 g/mol. The number of benzene rings is 1. The van der Waals surface area contributed by atoms with Crippen LogP contribution in [0.2, 0.25) is 5.02 Å². The molecule has 1 saturated heterocycles. The smallest absolute Gasteiger partial charge is 0.225 e. The van der Waals surface area contributed by atoms with Gasteiger partial charge in [0.05, 0.1) is 5.92 Å². The predicted octanol–water partition coefficient (Wildman–Crippen LogP) is 1.66. The molecule has 5 heteroatoms. The average Bonchev–Trinajstić information content (AvgIpc) is 3.17. The molecule has 1 aliphatic carbocycles. The first-order valence-electron chi connectivity index (χ1n) is 7.53. The van der Waals surface area contributed by atoms with Gasteiger partial charge in [0.25, 0.3) is 0 Å². The van der Waals surface area contributed by atoms with Crippen LogP contribution in [0.4, 0.5) is 0 Å². The monoisotopic (exact) mass is 308 g/mol. The topological polar surface area (TPSA) is 52.6 Å². The Morgan fingerprint density at radius 2 is 2.19 bits per heavy atom. The van der Waals surface area contributed by atoms with E-state index in [1.807, 2.05) is 24.3 Å². The van der Waals surface area contributed by atoms with Gasteiger partial charge in [0.2, 0.25) is 5.91 Å². The zero-order valence-corrected chi connectivity index (χ0v) is 12.7. The summed E-state index contributed by atoms with van der Waals surface area (Å²) in [6, 6.07) is 8.16. The van der Waals surface area contributed by atoms with Crippen molar-refractivity contribution >= 4 is 17.5 Å². The molecule has 1 aromatic carbocycles. The van der Waals surface area contributed by atoms with Gasteiger partial charge in [-0.2, -0.15) is 0 Å². The number of amides is 1. The highest BCUT2D eigenvalue weighted by molar-refractivity contribution is 6.30. The van der Waals surface area contributed by atoms with Crippen LogP contribution in [0.1, 0.15) is 18.4 Å². The fourth-order valence-electron chi connectivity index (χ4n) is 3.00. The minimum atomic E-state index is -0.102. The molecule has 0 unspecified atom stereocenters. The number of nitrogens with zero attached hydrogens (tertiary/aromatic N) is 1. The van der Waals surface area contributed by atoms with E-state index in [1.165, 1.54) is 0 Å². The molecule has 1 heterocycles. The van der Waals surface area contributed by atoms with Crippen LogP contribution in [-0.2, 0) is 11.3 Å². The summed E-state index contributed by atoms with van der Waals surface area (Å²) in [5.74, 6) is 0.0304. The van der Waals surface area contributed by atoms with Crippen LogP contribution in [0.15, 0.2) is 24.3 Å². The van der Waals surface area contributed by atoms with Crippen molar-refractivity contribution in [3.8, 4) is 0 Å². The second-order valence-electron chi connectivity index (χ2n) is 6.16. The minimum Gasteiger partial charge on any atom is -0.396 e. The number of hydrogen-bond acceptors (Lipinski definition) is 3. The number of nitrogens with one attached hydrogen (secondary N) is 1. The molecule has 21 heavy (non-hydrogen) atoms. The Hall–Kier alpha value is -1.10. The molecule has 1 saturated carbocycles. The van der Waals surface area contributed by atoms with Crippen LogP contribution in [0.3, 0.4) is 0 Å². The van der Waals surface area contributed by atoms with E-state index in [-0.39, 0.29) is 24.3 Å². The van der Waals surface area contributed by atoms with Crippen LogP contribution in [0, 0.1) is 11.8 Å². The standard InChI is InChI=1S/C16H21ClN2O2/c17-13-3-1-2-11(6-13)7-19-8-12(10-20)15(9-19)16(21)18-14-4-5-14/h1-3,6,12,14-15,20H,4-5,7-10H2,(H,18,21)/t12-,15+/m0/s1. The number of hydrogen-bond donors (Lipinski definition) is 2. The fourth-order valence-corrected chi connectivity index (χ4v) is 3.21. The Kier molecular flexibility index (Phi) is 4.48. The van der Waals surface area contributed by atoms with E-state index in [4.69, 9.17) is 11.6 Å². The third-order valence-corrected chi connectivity index (χ3v) is 4.54. The maximum atomic E-state index is 12.2. The highest BCUT2D eigenvalue weighted by atomic mass is 35.5. The lowest BCUT2D eigenvalue weighted by atomic mass is 9.96. The van der Waals surface area contributed by atoms with Gasteiger partial charge < -0.3 is 10.4 Å². The van der Waals surface area contributed by atoms with E-state index >= 15 is 0 Å². The third-order valence-electron chi connectivity index (χ3n) is 4.31. The molecule has 1 aromatic rings. The van der Waals surface area contributed by atoms with Gasteiger partial charge in [-0.3, -0.25) is 9.69 Å². The van der Waals surface area contributed by atoms with Gasteiger partial charge in [0, 0.05) is 43.2 Å². The maximum absolute atomic E-state index is 12.2. The molecule has 2 atom stereocenters. The number of halogens is 1. The molecular formula is C16H21ClN2O2. The molecule has 4 nitrogen and oxygen atoms in total. The van der Waals surface area contributed by atoms with E-state index < -0.39 is 0 Å². The van der Waals surface area contributed by atoms with Crippen molar-refractivity contribution in [2.24, 2.45) is 11.8 Å². The Morgan fingerprint density at radius 1 is 1.38 bits per heavy atom. The Bertz CT molecular complexity index is 519. The Balaban J connectivity index is 1.61. The van der Waals surface area contributed by atoms with Crippen LogP contribution in [0.5, 0.6) is 0 Å². The lowest BCUT2D eigenvalue weighted by molar-refractivity contribution is -0.126. The van der Waals surface area contributed by atoms with Gasteiger partial charge in [0.15, 0.2) is 0 Å². The van der Waals surface area contributed by atoms with E-state index in [0.717, 1.165) is 36.5 Å². The SMILES string of the molecule is O=C(NC1CC1)[C@@H]1CN(Cc2cccc(Cl)c2)C[C@H]1CO. The zero-order chi connectivity index (χ0) is 14.8. The molecular weight excluding hydrogens is 288 g/mol. The highest BCUT2D eigenvalue weighted by Crippen LogP contribution is 2.27. The molecule has 1 amide bonds. The maximum Gasteiger partial charge on any atom is 0.225 e. The van der Waals surface area contributed by atoms with Crippen molar-refractivity contribution in [1.29, 1.82) is 0 Å². The Labute approximate surface area is 130 Å². The molecule has 2 aliphatic rings. The summed E-state index contributed by atoms with van der Waals surface area (Å²) in [7, 11) is 0. The van der Waals surface area contributed by atoms with Gasteiger partial charge in [-0.25, -0.2) is 0 Å². The molecule has 0 radical (unpaired) electrons. The summed E-state index contributed by atoms with van der Waals surface area (Å²) in [6.07, 6.45) is 2.18. The van der Waals surface area contributed by atoms with Gasteiger partial charge in [0.1, 0.15) is 0 Å². The zero-order valence-electron chi connectivity index (χ0n) is 12.0. The molecule has 0 aromatic heterocycles. The normalized spacial score (nSPS) is 26.0. The summed E-state index contributed by atoms with van der Waals surface area (Å²) in [5.41, 5.74) is 1.14. The summed E-state index contributed by atoms with van der Waals surface area (Å²) < 4.78 is 0. The lowest BCUT2D eigenvalue weighted by Gasteiger charge is -2.16. The van der Waals surface area contributed by atoms with Gasteiger partial charge >= 0.3 is 0 Å². The number of carbonyl (C=O) groups is 1. The van der Waals surface area contributed by atoms with Gasteiger partial charge in [-0.15, -0.1) is 0 Å². The molecule has 114 valence electrons. The Morgan fingerprint density at radius 3 is 2.86 bits per heavy atom. The predicted molar refractivity (Wildman–Crippen MR) is 82.0 cm³/mol. The van der Waals surface area contributed by atoms with Crippen LogP contribution in [-0.4, -0.2) is 41.7 Å². The lowest BCUT2D eigenvalue weighted by Crippen LogP contribution is -2.37. The van der Waals surface area contributed by atoms with Gasteiger partial charge in [-0.05, 0) is 30.5 Å². The summed E-state index contributed by atoms with van der Waals surface area (Å²) >= 11 is 6.01. The molecule has 2 fully saturated rings.